The Labute approximate surface area is 74.5 Å². The van der Waals surface area contributed by atoms with Gasteiger partial charge in [0.2, 0.25) is 0 Å². The van der Waals surface area contributed by atoms with Gasteiger partial charge < -0.3 is 0 Å². The molecule has 0 aliphatic heterocycles. The summed E-state index contributed by atoms with van der Waals surface area (Å²) in [4.78, 5) is 4.07. The second-order valence-electron chi connectivity index (χ2n) is 2.54. The van der Waals surface area contributed by atoms with Crippen LogP contribution >= 0.6 is 0 Å². The van der Waals surface area contributed by atoms with Gasteiger partial charge in [-0.05, 0) is 25.0 Å². The van der Waals surface area contributed by atoms with Crippen molar-refractivity contribution in [2.75, 3.05) is 0 Å². The molecule has 0 aromatic rings. The van der Waals surface area contributed by atoms with Crippen molar-refractivity contribution in [1.29, 1.82) is 0 Å². The summed E-state index contributed by atoms with van der Waals surface area (Å²) in [6.07, 6.45) is 5.28. The van der Waals surface area contributed by atoms with Crippen LogP contribution in [0.4, 0.5) is 0 Å². The van der Waals surface area contributed by atoms with Gasteiger partial charge in [0.25, 0.3) is 0 Å². The van der Waals surface area contributed by atoms with Crippen molar-refractivity contribution >= 4 is 6.21 Å². The molecule has 0 spiro atoms. The number of nitrogens with zero attached hydrogens (tertiary/aromatic N) is 1. The molecule has 0 saturated carbocycles. The summed E-state index contributed by atoms with van der Waals surface area (Å²) >= 11 is 0. The Balaban J connectivity index is 4.70. The third kappa shape index (κ3) is 3.71. The number of hydrogen-bond acceptors (Lipinski definition) is 1. The third-order valence-corrected chi connectivity index (χ3v) is 1.41. The molecule has 1 heteroatoms. The molecule has 0 fully saturated rings. The Morgan fingerprint density at radius 3 is 2.08 bits per heavy atom. The van der Waals surface area contributed by atoms with Crippen LogP contribution in [0.5, 0.6) is 0 Å². The first-order valence-electron chi connectivity index (χ1n) is 3.77. The van der Waals surface area contributed by atoms with E-state index in [-0.39, 0.29) is 0 Å². The predicted octanol–water partition coefficient (Wildman–Crippen LogP) is 3.28. The molecule has 0 saturated heterocycles. The highest BCUT2D eigenvalue weighted by atomic mass is 14.7. The van der Waals surface area contributed by atoms with Crippen LogP contribution in [-0.4, -0.2) is 6.21 Å². The van der Waals surface area contributed by atoms with E-state index in [1.165, 1.54) is 0 Å². The molecular formula is C11H15N. The number of allylic oxidation sites excluding steroid dienone is 5. The van der Waals surface area contributed by atoms with Crippen LogP contribution in [0, 0.1) is 0 Å². The molecule has 64 valence electrons. The monoisotopic (exact) mass is 161 g/mol. The molecule has 0 bridgehead atoms. The van der Waals surface area contributed by atoms with Crippen LogP contribution in [0.2, 0.25) is 0 Å². The topological polar surface area (TPSA) is 12.4 Å². The largest absolute Gasteiger partial charge is 0.262 e. The Kier molecular flexibility index (Phi) is 4.70. The normalized spacial score (nSPS) is 12.5. The predicted molar refractivity (Wildman–Crippen MR) is 56.4 cm³/mol. The zero-order chi connectivity index (χ0) is 9.56. The van der Waals surface area contributed by atoms with Crippen LogP contribution in [-0.2, 0) is 0 Å². The second-order valence-corrected chi connectivity index (χ2v) is 2.54. The van der Waals surface area contributed by atoms with E-state index in [0.29, 0.717) is 0 Å². The van der Waals surface area contributed by atoms with Crippen molar-refractivity contribution in [3.05, 3.63) is 48.7 Å². The molecule has 0 N–H and O–H groups in total. The molecule has 0 aromatic carbocycles. The smallest absolute Gasteiger partial charge is 0.0345 e. The maximum atomic E-state index is 4.07. The second kappa shape index (κ2) is 5.30. The summed E-state index contributed by atoms with van der Waals surface area (Å²) < 4.78 is 0. The van der Waals surface area contributed by atoms with Gasteiger partial charge in [-0.1, -0.05) is 31.9 Å². The van der Waals surface area contributed by atoms with Crippen molar-refractivity contribution in [3.63, 3.8) is 0 Å². The van der Waals surface area contributed by atoms with Crippen molar-refractivity contribution in [2.45, 2.75) is 13.8 Å². The minimum absolute atomic E-state index is 0.784. The van der Waals surface area contributed by atoms with Crippen molar-refractivity contribution < 1.29 is 0 Å². The quantitative estimate of drug-likeness (QED) is 0.443. The van der Waals surface area contributed by atoms with Gasteiger partial charge in [-0.2, -0.15) is 0 Å². The van der Waals surface area contributed by atoms with Crippen LogP contribution in [0.1, 0.15) is 13.8 Å². The Morgan fingerprint density at radius 1 is 1.17 bits per heavy atom. The average Bonchev–Trinajstić information content (AvgIpc) is 2.04. The van der Waals surface area contributed by atoms with E-state index in [4.69, 9.17) is 0 Å². The Bertz CT molecular complexity index is 254. The van der Waals surface area contributed by atoms with Gasteiger partial charge in [0.15, 0.2) is 0 Å². The lowest BCUT2D eigenvalue weighted by molar-refractivity contribution is 1.33. The van der Waals surface area contributed by atoms with Gasteiger partial charge >= 0.3 is 0 Å². The van der Waals surface area contributed by atoms with Crippen LogP contribution < -0.4 is 0 Å². The lowest BCUT2D eigenvalue weighted by atomic mass is 10.1. The van der Waals surface area contributed by atoms with Crippen molar-refractivity contribution in [2.24, 2.45) is 4.99 Å². The Hall–Kier alpha value is -1.37. The molecule has 0 amide bonds. The molecule has 0 radical (unpaired) electrons. The fraction of sp³-hybridized carbons (Fsp3) is 0.182. The molecule has 0 heterocycles. The van der Waals surface area contributed by atoms with Crippen molar-refractivity contribution in [1.82, 2.24) is 0 Å². The minimum atomic E-state index is 0.784. The van der Waals surface area contributed by atoms with E-state index in [1.54, 1.807) is 18.4 Å². The van der Waals surface area contributed by atoms with Crippen LogP contribution in [0.25, 0.3) is 0 Å². The molecule has 1 nitrogen and oxygen atoms in total. The highest BCUT2D eigenvalue weighted by molar-refractivity contribution is 5.84. The first kappa shape index (κ1) is 10.6. The van der Waals surface area contributed by atoms with E-state index in [0.717, 1.165) is 16.8 Å². The molecule has 0 rings (SSSR count). The first-order chi connectivity index (χ1) is 5.61. The van der Waals surface area contributed by atoms with E-state index in [1.807, 2.05) is 13.8 Å². The summed E-state index contributed by atoms with van der Waals surface area (Å²) in [5.41, 5.74) is 2.83. The molecule has 0 aromatic heterocycles. The molecule has 0 unspecified atom stereocenters. The van der Waals surface area contributed by atoms with Gasteiger partial charge in [-0.15, -0.1) is 0 Å². The maximum absolute atomic E-state index is 4.07. The maximum Gasteiger partial charge on any atom is 0.0345 e. The molecular weight excluding hydrogens is 146 g/mol. The number of hydrogen-bond donors (Lipinski definition) is 0. The van der Waals surface area contributed by atoms with Gasteiger partial charge in [-0.3, -0.25) is 4.99 Å². The standard InChI is InChI=1S/C11H15N/c1-6-10(5)11(7-2)8-12-9(3)4/h6-8H,1-3H2,4-5H3/b11-10+,12-8?. The number of aliphatic imine (C=N–C) groups is 1. The van der Waals surface area contributed by atoms with Gasteiger partial charge in [0.1, 0.15) is 0 Å². The van der Waals surface area contributed by atoms with E-state index in [2.05, 4.69) is 24.7 Å². The minimum Gasteiger partial charge on any atom is -0.262 e. The zero-order valence-electron chi connectivity index (χ0n) is 7.80. The lowest BCUT2D eigenvalue weighted by Gasteiger charge is -1.96. The summed E-state index contributed by atoms with van der Waals surface area (Å²) in [6, 6.07) is 0. The van der Waals surface area contributed by atoms with E-state index < -0.39 is 0 Å². The SMILES string of the molecule is C=C/C(C)=C(\C=C)C=NC(=C)C. The first-order valence-corrected chi connectivity index (χ1v) is 3.77. The Morgan fingerprint density at radius 2 is 1.75 bits per heavy atom. The van der Waals surface area contributed by atoms with Crippen LogP contribution in [0.15, 0.2) is 53.7 Å². The summed E-state index contributed by atoms with van der Waals surface area (Å²) in [5.74, 6) is 0. The van der Waals surface area contributed by atoms with E-state index >= 15 is 0 Å². The fourth-order valence-electron chi connectivity index (χ4n) is 0.613. The van der Waals surface area contributed by atoms with Gasteiger partial charge in [-0.25, -0.2) is 0 Å². The van der Waals surface area contributed by atoms with Gasteiger partial charge in [0, 0.05) is 11.9 Å². The molecule has 12 heavy (non-hydrogen) atoms. The summed E-state index contributed by atoms with van der Waals surface area (Å²) in [7, 11) is 0. The number of rotatable bonds is 4. The third-order valence-electron chi connectivity index (χ3n) is 1.41. The van der Waals surface area contributed by atoms with E-state index in [9.17, 15) is 0 Å². The molecule has 0 aliphatic rings. The summed E-state index contributed by atoms with van der Waals surface area (Å²) in [5, 5.41) is 0. The fourth-order valence-corrected chi connectivity index (χ4v) is 0.613. The molecule has 0 atom stereocenters. The highest BCUT2D eigenvalue weighted by Gasteiger charge is 1.89. The van der Waals surface area contributed by atoms with Gasteiger partial charge in [0.05, 0.1) is 0 Å². The zero-order valence-corrected chi connectivity index (χ0v) is 7.80. The summed E-state index contributed by atoms with van der Waals surface area (Å²) in [6.45, 7) is 14.8. The average molecular weight is 161 g/mol. The lowest BCUT2D eigenvalue weighted by Crippen LogP contribution is -1.84. The van der Waals surface area contributed by atoms with Crippen molar-refractivity contribution in [3.8, 4) is 0 Å². The van der Waals surface area contributed by atoms with Crippen LogP contribution in [0.3, 0.4) is 0 Å². The molecule has 0 aliphatic carbocycles. The highest BCUT2D eigenvalue weighted by Crippen LogP contribution is 2.04.